The fourth-order valence-corrected chi connectivity index (χ4v) is 5.00. The molecule has 1 saturated heterocycles. The standard InChI is InChI=1S/C22H27FN2O3/c1-28-22(9-15-5-3-2-4-6-15)10-16-12-25(13-17(16)11-22)14-20(27)18-7-8-19(26)21(23)24-18/h2-8,16-17,20,26-27H,9-14H2,1H3. The zero-order valence-corrected chi connectivity index (χ0v) is 16.1. The Labute approximate surface area is 164 Å². The van der Waals surface area contributed by atoms with Crippen LogP contribution in [0.3, 0.4) is 0 Å². The van der Waals surface area contributed by atoms with Crippen molar-refractivity contribution in [3.63, 3.8) is 0 Å². The highest BCUT2D eigenvalue weighted by molar-refractivity contribution is 5.21. The van der Waals surface area contributed by atoms with Crippen LogP contribution < -0.4 is 0 Å². The molecule has 150 valence electrons. The Morgan fingerprint density at radius 1 is 1.18 bits per heavy atom. The maximum absolute atomic E-state index is 13.4. The highest BCUT2D eigenvalue weighted by Gasteiger charge is 2.49. The number of aromatic hydroxyl groups is 1. The maximum atomic E-state index is 13.4. The molecule has 2 N–H and O–H groups in total. The second kappa shape index (κ2) is 7.78. The van der Waals surface area contributed by atoms with Gasteiger partial charge < -0.3 is 14.9 Å². The first-order valence-electron chi connectivity index (χ1n) is 9.83. The van der Waals surface area contributed by atoms with Gasteiger partial charge in [0.1, 0.15) is 6.10 Å². The molecule has 1 aliphatic carbocycles. The van der Waals surface area contributed by atoms with Crippen molar-refractivity contribution in [2.75, 3.05) is 26.7 Å². The molecule has 3 atom stereocenters. The smallest absolute Gasteiger partial charge is 0.255 e. The van der Waals surface area contributed by atoms with E-state index in [1.807, 2.05) is 13.2 Å². The number of aliphatic hydroxyl groups excluding tert-OH is 1. The van der Waals surface area contributed by atoms with Crippen LogP contribution in [0.1, 0.15) is 30.2 Å². The molecule has 1 aromatic carbocycles. The van der Waals surface area contributed by atoms with Crippen molar-refractivity contribution in [3.8, 4) is 5.75 Å². The molecule has 1 saturated carbocycles. The van der Waals surface area contributed by atoms with Crippen molar-refractivity contribution in [3.05, 3.63) is 59.7 Å². The normalized spacial score (nSPS) is 28.4. The van der Waals surface area contributed by atoms with Crippen molar-refractivity contribution in [1.82, 2.24) is 9.88 Å². The molecule has 2 fully saturated rings. The Hall–Kier alpha value is -2.02. The SMILES string of the molecule is COC1(Cc2ccccc2)CC2CN(CC(O)c3ccc(O)c(F)n3)CC2C1. The van der Waals surface area contributed by atoms with Crippen LogP contribution in [-0.2, 0) is 11.2 Å². The number of pyridine rings is 1. The zero-order valence-electron chi connectivity index (χ0n) is 16.1. The number of hydrogen-bond donors (Lipinski definition) is 2. The van der Waals surface area contributed by atoms with Crippen molar-refractivity contribution >= 4 is 0 Å². The van der Waals surface area contributed by atoms with Gasteiger partial charge in [-0.3, -0.25) is 4.90 Å². The maximum Gasteiger partial charge on any atom is 0.255 e. The third-order valence-corrected chi connectivity index (χ3v) is 6.35. The number of β-amino-alcohol motifs (C(OH)–C–C–N with tert-alkyl or cyclic N) is 1. The highest BCUT2D eigenvalue weighted by Crippen LogP contribution is 2.47. The predicted molar refractivity (Wildman–Crippen MR) is 103 cm³/mol. The van der Waals surface area contributed by atoms with E-state index in [0.29, 0.717) is 18.4 Å². The number of ether oxygens (including phenoxy) is 1. The molecule has 2 aromatic rings. The van der Waals surface area contributed by atoms with E-state index in [1.165, 1.54) is 17.7 Å². The van der Waals surface area contributed by atoms with Gasteiger partial charge in [-0.2, -0.15) is 4.39 Å². The average Bonchev–Trinajstić information content (AvgIpc) is 3.20. The summed E-state index contributed by atoms with van der Waals surface area (Å²) < 4.78 is 19.5. The molecule has 2 heterocycles. The molecule has 6 heteroatoms. The fourth-order valence-electron chi connectivity index (χ4n) is 5.00. The van der Waals surface area contributed by atoms with E-state index in [2.05, 4.69) is 34.1 Å². The summed E-state index contributed by atoms with van der Waals surface area (Å²) in [7, 11) is 1.82. The van der Waals surface area contributed by atoms with Gasteiger partial charge in [0.2, 0.25) is 0 Å². The van der Waals surface area contributed by atoms with Crippen LogP contribution in [0.25, 0.3) is 0 Å². The van der Waals surface area contributed by atoms with Gasteiger partial charge in [0.15, 0.2) is 5.75 Å². The lowest BCUT2D eigenvalue weighted by molar-refractivity contribution is -0.0141. The first kappa shape index (κ1) is 19.3. The van der Waals surface area contributed by atoms with Crippen LogP contribution >= 0.6 is 0 Å². The van der Waals surface area contributed by atoms with Gasteiger partial charge in [0.05, 0.1) is 11.3 Å². The van der Waals surface area contributed by atoms with Crippen molar-refractivity contribution < 1.29 is 19.3 Å². The molecule has 1 aliphatic heterocycles. The zero-order chi connectivity index (χ0) is 19.7. The second-order valence-corrected chi connectivity index (χ2v) is 8.26. The third kappa shape index (κ3) is 3.90. The molecular formula is C22H27FN2O3. The number of benzene rings is 1. The Balaban J connectivity index is 1.36. The lowest BCUT2D eigenvalue weighted by Crippen LogP contribution is -2.35. The van der Waals surface area contributed by atoms with Gasteiger partial charge in [-0.05, 0) is 42.4 Å². The molecule has 0 radical (unpaired) electrons. The molecule has 4 rings (SSSR count). The molecule has 0 spiro atoms. The molecule has 2 aliphatic rings. The number of halogens is 1. The first-order chi connectivity index (χ1) is 13.5. The van der Waals surface area contributed by atoms with E-state index in [9.17, 15) is 14.6 Å². The number of rotatable bonds is 6. The van der Waals surface area contributed by atoms with Gasteiger partial charge in [-0.25, -0.2) is 4.98 Å². The molecule has 5 nitrogen and oxygen atoms in total. The summed E-state index contributed by atoms with van der Waals surface area (Å²) in [6, 6.07) is 13.2. The Kier molecular flexibility index (Phi) is 5.36. The van der Waals surface area contributed by atoms with E-state index in [1.54, 1.807) is 0 Å². The van der Waals surface area contributed by atoms with Gasteiger partial charge in [0.25, 0.3) is 5.95 Å². The van der Waals surface area contributed by atoms with E-state index in [4.69, 9.17) is 4.74 Å². The van der Waals surface area contributed by atoms with Gasteiger partial charge in [-0.15, -0.1) is 0 Å². The number of hydrogen-bond acceptors (Lipinski definition) is 5. The Morgan fingerprint density at radius 2 is 1.86 bits per heavy atom. The van der Waals surface area contributed by atoms with Crippen LogP contribution in [0.5, 0.6) is 5.75 Å². The quantitative estimate of drug-likeness (QED) is 0.748. The van der Waals surface area contributed by atoms with Crippen LogP contribution in [0, 0.1) is 17.8 Å². The summed E-state index contributed by atoms with van der Waals surface area (Å²) in [4.78, 5) is 5.89. The number of aromatic nitrogens is 1. The lowest BCUT2D eigenvalue weighted by Gasteiger charge is -2.30. The minimum absolute atomic E-state index is 0.108. The lowest BCUT2D eigenvalue weighted by atomic mass is 9.91. The van der Waals surface area contributed by atoms with E-state index >= 15 is 0 Å². The molecule has 0 amide bonds. The summed E-state index contributed by atoms with van der Waals surface area (Å²) in [5.41, 5.74) is 1.45. The predicted octanol–water partition coefficient (Wildman–Crippen LogP) is 2.93. The van der Waals surface area contributed by atoms with Crippen LogP contribution in [0.4, 0.5) is 4.39 Å². The highest BCUT2D eigenvalue weighted by atomic mass is 19.1. The van der Waals surface area contributed by atoms with Crippen LogP contribution in [-0.4, -0.2) is 52.4 Å². The largest absolute Gasteiger partial charge is 0.504 e. The summed E-state index contributed by atoms with van der Waals surface area (Å²) in [6.45, 7) is 2.23. The second-order valence-electron chi connectivity index (χ2n) is 8.26. The fraction of sp³-hybridized carbons (Fsp3) is 0.500. The third-order valence-electron chi connectivity index (χ3n) is 6.35. The van der Waals surface area contributed by atoms with Crippen molar-refractivity contribution in [1.29, 1.82) is 0 Å². The van der Waals surface area contributed by atoms with Crippen LogP contribution in [0.2, 0.25) is 0 Å². The summed E-state index contributed by atoms with van der Waals surface area (Å²) in [5, 5.41) is 19.7. The number of methoxy groups -OCH3 is 1. The Morgan fingerprint density at radius 3 is 2.46 bits per heavy atom. The van der Waals surface area contributed by atoms with Crippen molar-refractivity contribution in [2.24, 2.45) is 11.8 Å². The summed E-state index contributed by atoms with van der Waals surface area (Å²) >= 11 is 0. The number of nitrogens with zero attached hydrogens (tertiary/aromatic N) is 2. The van der Waals surface area contributed by atoms with Crippen LogP contribution in [0.15, 0.2) is 42.5 Å². The van der Waals surface area contributed by atoms with Gasteiger partial charge in [0, 0.05) is 33.2 Å². The number of aliphatic hydroxyl groups is 1. The van der Waals surface area contributed by atoms with Crippen molar-refractivity contribution in [2.45, 2.75) is 31.0 Å². The van der Waals surface area contributed by atoms with E-state index < -0.39 is 17.8 Å². The van der Waals surface area contributed by atoms with Gasteiger partial charge in [-0.1, -0.05) is 30.3 Å². The molecule has 1 aromatic heterocycles. The minimum atomic E-state index is -0.944. The van der Waals surface area contributed by atoms with E-state index in [0.717, 1.165) is 32.4 Å². The topological polar surface area (TPSA) is 65.8 Å². The Bertz CT molecular complexity index is 803. The minimum Gasteiger partial charge on any atom is -0.504 e. The number of likely N-dealkylation sites (tertiary alicyclic amines) is 1. The molecule has 28 heavy (non-hydrogen) atoms. The average molecular weight is 386 g/mol. The molecule has 0 bridgehead atoms. The van der Waals surface area contributed by atoms with Gasteiger partial charge >= 0.3 is 0 Å². The monoisotopic (exact) mass is 386 g/mol. The van der Waals surface area contributed by atoms with E-state index in [-0.39, 0.29) is 11.3 Å². The summed E-state index contributed by atoms with van der Waals surface area (Å²) in [5.74, 6) is -0.359. The molecular weight excluding hydrogens is 359 g/mol. The first-order valence-corrected chi connectivity index (χ1v) is 9.83. The number of fused-ring (bicyclic) bond motifs is 1. The molecule has 3 unspecified atom stereocenters. The summed E-state index contributed by atoms with van der Waals surface area (Å²) in [6.07, 6.45) is 2.09.